The van der Waals surface area contributed by atoms with Crippen molar-refractivity contribution in [1.29, 1.82) is 0 Å². The Morgan fingerprint density at radius 3 is 2.90 bits per heavy atom. The van der Waals surface area contributed by atoms with Crippen molar-refractivity contribution < 1.29 is 4.39 Å². The van der Waals surface area contributed by atoms with Crippen LogP contribution in [0.3, 0.4) is 0 Å². The van der Waals surface area contributed by atoms with E-state index in [1.54, 1.807) is 17.4 Å². The van der Waals surface area contributed by atoms with Crippen LogP contribution >= 0.6 is 22.9 Å². The summed E-state index contributed by atoms with van der Waals surface area (Å²) in [5.74, 6) is 1.08. The topological polar surface area (TPSA) is 30.7 Å². The fourth-order valence-electron chi connectivity index (χ4n) is 2.22. The van der Waals surface area contributed by atoms with Crippen LogP contribution in [-0.2, 0) is 13.0 Å². The van der Waals surface area contributed by atoms with E-state index in [9.17, 15) is 4.39 Å². The first-order valence-corrected chi connectivity index (χ1v) is 7.70. The van der Waals surface area contributed by atoms with Gasteiger partial charge >= 0.3 is 0 Å². The number of hydrogen-bond acceptors (Lipinski definition) is 3. The van der Waals surface area contributed by atoms with Gasteiger partial charge in [0.1, 0.15) is 16.6 Å². The zero-order chi connectivity index (χ0) is 14.1. The molecule has 6 heteroatoms. The third-order valence-electron chi connectivity index (χ3n) is 3.07. The van der Waals surface area contributed by atoms with Gasteiger partial charge < -0.3 is 4.57 Å². The Kier molecular flexibility index (Phi) is 3.72. The molecule has 0 amide bonds. The predicted octanol–water partition coefficient (Wildman–Crippen LogP) is 3.77. The molecule has 0 saturated heterocycles. The third kappa shape index (κ3) is 2.55. The van der Waals surface area contributed by atoms with Gasteiger partial charge in [-0.1, -0.05) is 0 Å². The molecule has 20 heavy (non-hydrogen) atoms. The lowest BCUT2D eigenvalue weighted by Crippen LogP contribution is -2.05. The summed E-state index contributed by atoms with van der Waals surface area (Å²) in [6, 6.07) is 4.67. The van der Waals surface area contributed by atoms with E-state index in [1.807, 2.05) is 12.3 Å². The fourth-order valence-corrected chi connectivity index (χ4v) is 3.14. The molecule has 0 fully saturated rings. The Hall–Kier alpha value is -1.46. The third-order valence-corrected chi connectivity index (χ3v) is 4.21. The van der Waals surface area contributed by atoms with Crippen LogP contribution in [0.25, 0.3) is 11.0 Å². The highest BCUT2D eigenvalue weighted by molar-refractivity contribution is 7.09. The second kappa shape index (κ2) is 5.50. The molecule has 2 aromatic heterocycles. The van der Waals surface area contributed by atoms with Gasteiger partial charge in [0.15, 0.2) is 0 Å². The van der Waals surface area contributed by atoms with Crippen molar-refractivity contribution in [2.24, 2.45) is 0 Å². The number of halogens is 2. The predicted molar refractivity (Wildman–Crippen MR) is 80.1 cm³/mol. The highest BCUT2D eigenvalue weighted by Crippen LogP contribution is 2.21. The summed E-state index contributed by atoms with van der Waals surface area (Å²) in [7, 11) is 0. The first-order chi connectivity index (χ1) is 9.67. The summed E-state index contributed by atoms with van der Waals surface area (Å²) in [4.78, 5) is 8.96. The Bertz CT molecular complexity index is 750. The van der Waals surface area contributed by atoms with E-state index < -0.39 is 0 Å². The Balaban J connectivity index is 2.08. The molecule has 104 valence electrons. The molecular formula is C14H13ClFN3S. The van der Waals surface area contributed by atoms with Crippen LogP contribution in [0.4, 0.5) is 4.39 Å². The molecule has 3 rings (SSSR count). The van der Waals surface area contributed by atoms with Gasteiger partial charge in [-0.15, -0.1) is 22.9 Å². The van der Waals surface area contributed by atoms with E-state index in [0.717, 1.165) is 22.0 Å². The highest BCUT2D eigenvalue weighted by Gasteiger charge is 2.12. The average molecular weight is 310 g/mol. The van der Waals surface area contributed by atoms with Crippen LogP contribution in [0.5, 0.6) is 0 Å². The largest absolute Gasteiger partial charge is 0.321 e. The van der Waals surface area contributed by atoms with Crippen molar-refractivity contribution in [3.05, 3.63) is 45.9 Å². The number of hydrogen-bond donors (Lipinski definition) is 0. The standard InChI is InChI=1S/C14H13ClFN3S/c1-9-8-20-14(17-9)7-19-12-3-2-10(16)6-11(12)18-13(19)4-5-15/h2-3,6,8H,4-5,7H2,1H3. The summed E-state index contributed by atoms with van der Waals surface area (Å²) in [6.45, 7) is 2.62. The SMILES string of the molecule is Cc1csc(Cn2c(CCCl)nc3cc(F)ccc32)n1. The van der Waals surface area contributed by atoms with Gasteiger partial charge in [0, 0.05) is 29.4 Å². The minimum absolute atomic E-state index is 0.273. The molecule has 0 N–H and O–H groups in total. The smallest absolute Gasteiger partial charge is 0.125 e. The van der Waals surface area contributed by atoms with Crippen molar-refractivity contribution >= 4 is 34.0 Å². The first-order valence-electron chi connectivity index (χ1n) is 6.29. The number of fused-ring (bicyclic) bond motifs is 1. The summed E-state index contributed by atoms with van der Waals surface area (Å²) in [5.41, 5.74) is 2.59. The van der Waals surface area contributed by atoms with Gasteiger partial charge in [0.05, 0.1) is 17.6 Å². The lowest BCUT2D eigenvalue weighted by Gasteiger charge is -2.06. The zero-order valence-electron chi connectivity index (χ0n) is 10.9. The molecule has 0 atom stereocenters. The molecule has 0 bridgehead atoms. The quantitative estimate of drug-likeness (QED) is 0.687. The molecule has 0 aliphatic carbocycles. The van der Waals surface area contributed by atoms with E-state index in [0.29, 0.717) is 24.4 Å². The maximum atomic E-state index is 13.3. The highest BCUT2D eigenvalue weighted by atomic mass is 35.5. The van der Waals surface area contributed by atoms with Gasteiger partial charge in [-0.2, -0.15) is 0 Å². The zero-order valence-corrected chi connectivity index (χ0v) is 12.5. The van der Waals surface area contributed by atoms with Crippen LogP contribution < -0.4 is 0 Å². The van der Waals surface area contributed by atoms with Crippen molar-refractivity contribution in [2.75, 3.05) is 5.88 Å². The van der Waals surface area contributed by atoms with Crippen molar-refractivity contribution in [3.8, 4) is 0 Å². The molecule has 0 saturated carbocycles. The number of aromatic nitrogens is 3. The molecular weight excluding hydrogens is 297 g/mol. The lowest BCUT2D eigenvalue weighted by molar-refractivity contribution is 0.629. The summed E-state index contributed by atoms with van der Waals surface area (Å²) < 4.78 is 15.4. The molecule has 0 spiro atoms. The van der Waals surface area contributed by atoms with E-state index in [1.165, 1.54) is 12.1 Å². The number of thiazole rings is 1. The minimum Gasteiger partial charge on any atom is -0.321 e. The number of nitrogens with zero attached hydrogens (tertiary/aromatic N) is 3. The molecule has 3 aromatic rings. The second-order valence-electron chi connectivity index (χ2n) is 4.57. The molecule has 2 heterocycles. The molecule has 0 unspecified atom stereocenters. The van der Waals surface area contributed by atoms with Crippen LogP contribution in [0.15, 0.2) is 23.6 Å². The van der Waals surface area contributed by atoms with Crippen LogP contribution in [0.2, 0.25) is 0 Å². The van der Waals surface area contributed by atoms with Crippen LogP contribution in [-0.4, -0.2) is 20.4 Å². The monoisotopic (exact) mass is 309 g/mol. The van der Waals surface area contributed by atoms with E-state index in [-0.39, 0.29) is 5.82 Å². The van der Waals surface area contributed by atoms with Crippen molar-refractivity contribution in [1.82, 2.24) is 14.5 Å². The number of alkyl halides is 1. The maximum absolute atomic E-state index is 13.3. The fraction of sp³-hybridized carbons (Fsp3) is 0.286. The van der Waals surface area contributed by atoms with Gasteiger partial charge in [0.2, 0.25) is 0 Å². The first kappa shape index (κ1) is 13.5. The van der Waals surface area contributed by atoms with Crippen LogP contribution in [0.1, 0.15) is 16.5 Å². The summed E-state index contributed by atoms with van der Waals surface area (Å²) >= 11 is 7.45. The van der Waals surface area contributed by atoms with Gasteiger partial charge in [-0.05, 0) is 19.1 Å². The van der Waals surface area contributed by atoms with E-state index in [4.69, 9.17) is 11.6 Å². The normalized spacial score (nSPS) is 11.3. The number of aryl methyl sites for hydroxylation is 2. The minimum atomic E-state index is -0.273. The van der Waals surface area contributed by atoms with Gasteiger partial charge in [-0.3, -0.25) is 0 Å². The Morgan fingerprint density at radius 2 is 2.20 bits per heavy atom. The molecule has 0 aliphatic heterocycles. The van der Waals surface area contributed by atoms with Gasteiger partial charge in [0.25, 0.3) is 0 Å². The Morgan fingerprint density at radius 1 is 1.35 bits per heavy atom. The van der Waals surface area contributed by atoms with Gasteiger partial charge in [-0.25, -0.2) is 14.4 Å². The summed E-state index contributed by atoms with van der Waals surface area (Å²) in [6.07, 6.45) is 0.655. The maximum Gasteiger partial charge on any atom is 0.125 e. The van der Waals surface area contributed by atoms with E-state index in [2.05, 4.69) is 14.5 Å². The van der Waals surface area contributed by atoms with Crippen LogP contribution in [0, 0.1) is 12.7 Å². The second-order valence-corrected chi connectivity index (χ2v) is 5.89. The number of rotatable bonds is 4. The molecule has 0 aliphatic rings. The molecule has 0 radical (unpaired) electrons. The summed E-state index contributed by atoms with van der Waals surface area (Å²) in [5, 5.41) is 3.04. The molecule has 3 nitrogen and oxygen atoms in total. The van der Waals surface area contributed by atoms with Crippen molar-refractivity contribution in [3.63, 3.8) is 0 Å². The average Bonchev–Trinajstić information content (AvgIpc) is 2.95. The number of imidazole rings is 1. The van der Waals surface area contributed by atoms with E-state index >= 15 is 0 Å². The lowest BCUT2D eigenvalue weighted by atomic mass is 10.3. The molecule has 1 aromatic carbocycles. The Labute approximate surface area is 125 Å². The number of benzene rings is 1. The van der Waals surface area contributed by atoms with Crippen molar-refractivity contribution in [2.45, 2.75) is 19.9 Å².